The zero-order chi connectivity index (χ0) is 13.9. The second-order valence-corrected chi connectivity index (χ2v) is 4.70. The van der Waals surface area contributed by atoms with Crippen LogP contribution in [0, 0.1) is 0 Å². The predicted molar refractivity (Wildman–Crippen MR) is 76.9 cm³/mol. The van der Waals surface area contributed by atoms with Gasteiger partial charge < -0.3 is 15.2 Å². The number of hydrogen-bond donors (Lipinski definition) is 2. The maximum absolute atomic E-state index is 12.6. The Morgan fingerprint density at radius 1 is 1.20 bits per heavy atom. The van der Waals surface area contributed by atoms with E-state index >= 15 is 0 Å². The fraction of sp³-hybridized carbons (Fsp3) is 0.200. The van der Waals surface area contributed by atoms with Crippen LogP contribution in [0.25, 0.3) is 0 Å². The molecule has 102 valence electrons. The fourth-order valence-electron chi connectivity index (χ4n) is 2.40. The molecule has 0 aliphatic carbocycles. The summed E-state index contributed by atoms with van der Waals surface area (Å²) in [6.07, 6.45) is 1.50. The maximum atomic E-state index is 12.6. The first-order valence-corrected chi connectivity index (χ1v) is 6.55. The van der Waals surface area contributed by atoms with Crippen LogP contribution in [-0.4, -0.2) is 24.0 Å². The van der Waals surface area contributed by atoms with Gasteiger partial charge in [-0.05, 0) is 17.7 Å². The molecule has 0 unspecified atom stereocenters. The second-order valence-electron chi connectivity index (χ2n) is 4.70. The largest absolute Gasteiger partial charge is 0.329 e. The van der Waals surface area contributed by atoms with Crippen molar-refractivity contribution in [1.82, 2.24) is 10.3 Å². The van der Waals surface area contributed by atoms with Crippen LogP contribution >= 0.6 is 0 Å². The average Bonchev–Trinajstić information content (AvgIpc) is 2.69. The van der Waals surface area contributed by atoms with E-state index in [4.69, 9.17) is 0 Å². The van der Waals surface area contributed by atoms with Gasteiger partial charge in [-0.3, -0.25) is 9.59 Å². The Morgan fingerprint density at radius 3 is 2.90 bits per heavy atom. The number of anilines is 1. The fourth-order valence-corrected chi connectivity index (χ4v) is 2.40. The zero-order valence-corrected chi connectivity index (χ0v) is 10.9. The van der Waals surface area contributed by atoms with Crippen molar-refractivity contribution in [3.8, 4) is 0 Å². The first kappa shape index (κ1) is 12.6. The smallest absolute Gasteiger partial charge is 0.258 e. The molecule has 0 saturated heterocycles. The molecule has 5 nitrogen and oxygen atoms in total. The van der Waals surface area contributed by atoms with Crippen molar-refractivity contribution in [3.63, 3.8) is 0 Å². The average molecular weight is 269 g/mol. The Morgan fingerprint density at radius 2 is 2.05 bits per heavy atom. The quantitative estimate of drug-likeness (QED) is 0.815. The normalized spacial score (nSPS) is 14.5. The molecule has 0 bridgehead atoms. The summed E-state index contributed by atoms with van der Waals surface area (Å²) in [5, 5.41) is 3.29. The summed E-state index contributed by atoms with van der Waals surface area (Å²) < 4.78 is 0. The summed E-state index contributed by atoms with van der Waals surface area (Å²) in [4.78, 5) is 28.2. The molecule has 0 spiro atoms. The number of carbonyl (C=O) groups is 1. The SMILES string of the molecule is O=C(c1cc[nH]c(=O)c1)N1CCNCc2ccccc21. The predicted octanol–water partition coefficient (Wildman–Crippen LogP) is 1.12. The first-order valence-electron chi connectivity index (χ1n) is 6.55. The van der Waals surface area contributed by atoms with Gasteiger partial charge in [0.1, 0.15) is 0 Å². The van der Waals surface area contributed by atoms with Gasteiger partial charge in [-0.1, -0.05) is 18.2 Å². The highest BCUT2D eigenvalue weighted by atomic mass is 16.2. The van der Waals surface area contributed by atoms with Crippen LogP contribution in [0.3, 0.4) is 0 Å². The van der Waals surface area contributed by atoms with E-state index in [0.717, 1.165) is 24.3 Å². The number of hydrogen-bond acceptors (Lipinski definition) is 3. The van der Waals surface area contributed by atoms with Crippen molar-refractivity contribution in [2.75, 3.05) is 18.0 Å². The monoisotopic (exact) mass is 269 g/mol. The molecule has 3 rings (SSSR count). The van der Waals surface area contributed by atoms with E-state index < -0.39 is 0 Å². The third-order valence-electron chi connectivity index (χ3n) is 3.38. The lowest BCUT2D eigenvalue weighted by Gasteiger charge is -2.22. The van der Waals surface area contributed by atoms with Crippen molar-refractivity contribution in [1.29, 1.82) is 0 Å². The molecule has 1 aliphatic heterocycles. The van der Waals surface area contributed by atoms with Crippen LogP contribution in [0.1, 0.15) is 15.9 Å². The summed E-state index contributed by atoms with van der Waals surface area (Å²) in [6, 6.07) is 10.8. The molecule has 2 aromatic rings. The Hall–Kier alpha value is -2.40. The summed E-state index contributed by atoms with van der Waals surface area (Å²) in [5.41, 5.74) is 2.13. The summed E-state index contributed by atoms with van der Waals surface area (Å²) in [6.45, 7) is 2.06. The Bertz CT molecular complexity index is 693. The highest BCUT2D eigenvalue weighted by molar-refractivity contribution is 6.06. The number of amides is 1. The molecule has 1 aliphatic rings. The van der Waals surface area contributed by atoms with Crippen LogP contribution in [0.4, 0.5) is 5.69 Å². The third-order valence-corrected chi connectivity index (χ3v) is 3.38. The van der Waals surface area contributed by atoms with Crippen LogP contribution in [0.2, 0.25) is 0 Å². The van der Waals surface area contributed by atoms with Gasteiger partial charge in [0.25, 0.3) is 5.91 Å². The zero-order valence-electron chi connectivity index (χ0n) is 10.9. The standard InChI is InChI=1S/C15H15N3O2/c19-14-9-11(5-6-17-14)15(20)18-8-7-16-10-12-3-1-2-4-13(12)18/h1-6,9,16H,7-8,10H2,(H,17,19). The van der Waals surface area contributed by atoms with Gasteiger partial charge in [-0.15, -0.1) is 0 Å². The third kappa shape index (κ3) is 2.35. The lowest BCUT2D eigenvalue weighted by atomic mass is 10.1. The van der Waals surface area contributed by atoms with Crippen LogP contribution in [-0.2, 0) is 6.54 Å². The van der Waals surface area contributed by atoms with E-state index in [9.17, 15) is 9.59 Å². The molecule has 0 saturated carbocycles. The number of fused-ring (bicyclic) bond motifs is 1. The van der Waals surface area contributed by atoms with Crippen molar-refractivity contribution >= 4 is 11.6 Å². The minimum Gasteiger partial charge on any atom is -0.329 e. The molecule has 20 heavy (non-hydrogen) atoms. The van der Waals surface area contributed by atoms with E-state index in [0.29, 0.717) is 12.1 Å². The molecule has 5 heteroatoms. The summed E-state index contributed by atoms with van der Waals surface area (Å²) >= 11 is 0. The number of aromatic nitrogens is 1. The molecule has 0 radical (unpaired) electrons. The Labute approximate surface area is 116 Å². The van der Waals surface area contributed by atoms with E-state index in [1.165, 1.54) is 12.3 Å². The van der Waals surface area contributed by atoms with Gasteiger partial charge in [-0.2, -0.15) is 0 Å². The Balaban J connectivity index is 2.01. The Kier molecular flexibility index (Phi) is 3.35. The van der Waals surface area contributed by atoms with Gasteiger partial charge in [0.2, 0.25) is 5.56 Å². The molecule has 2 heterocycles. The van der Waals surface area contributed by atoms with Gasteiger partial charge >= 0.3 is 0 Å². The molecular weight excluding hydrogens is 254 g/mol. The lowest BCUT2D eigenvalue weighted by molar-refractivity contribution is 0.0987. The number of nitrogens with one attached hydrogen (secondary N) is 2. The summed E-state index contributed by atoms with van der Waals surface area (Å²) in [7, 11) is 0. The first-order chi connectivity index (χ1) is 9.75. The van der Waals surface area contributed by atoms with Gasteiger partial charge in [0.15, 0.2) is 0 Å². The van der Waals surface area contributed by atoms with Crippen molar-refractivity contribution < 1.29 is 4.79 Å². The molecular formula is C15H15N3O2. The second kappa shape index (κ2) is 5.30. The minimum atomic E-state index is -0.267. The number of pyridine rings is 1. The van der Waals surface area contributed by atoms with E-state index in [-0.39, 0.29) is 11.5 Å². The summed E-state index contributed by atoms with van der Waals surface area (Å²) in [5.74, 6) is -0.146. The van der Waals surface area contributed by atoms with Gasteiger partial charge in [0.05, 0.1) is 0 Å². The number of para-hydroxylation sites is 1. The minimum absolute atomic E-state index is 0.146. The number of H-pyrrole nitrogens is 1. The van der Waals surface area contributed by atoms with E-state index in [1.807, 2.05) is 24.3 Å². The van der Waals surface area contributed by atoms with Crippen LogP contribution in [0.5, 0.6) is 0 Å². The molecule has 0 fully saturated rings. The number of aromatic amines is 1. The van der Waals surface area contributed by atoms with Gasteiger partial charge in [0, 0.05) is 43.1 Å². The van der Waals surface area contributed by atoms with Crippen molar-refractivity contribution in [3.05, 3.63) is 64.1 Å². The molecule has 2 N–H and O–H groups in total. The molecule has 1 aromatic heterocycles. The number of rotatable bonds is 1. The molecule has 1 aromatic carbocycles. The number of carbonyl (C=O) groups excluding carboxylic acids is 1. The number of nitrogens with zero attached hydrogens (tertiary/aromatic N) is 1. The van der Waals surface area contributed by atoms with E-state index in [1.54, 1.807) is 11.0 Å². The van der Waals surface area contributed by atoms with Gasteiger partial charge in [-0.25, -0.2) is 0 Å². The highest BCUT2D eigenvalue weighted by Crippen LogP contribution is 2.23. The molecule has 1 amide bonds. The van der Waals surface area contributed by atoms with E-state index in [2.05, 4.69) is 10.3 Å². The number of benzene rings is 1. The highest BCUT2D eigenvalue weighted by Gasteiger charge is 2.21. The van der Waals surface area contributed by atoms with Crippen molar-refractivity contribution in [2.24, 2.45) is 0 Å². The lowest BCUT2D eigenvalue weighted by Crippen LogP contribution is -2.35. The topological polar surface area (TPSA) is 65.2 Å². The van der Waals surface area contributed by atoms with Crippen molar-refractivity contribution in [2.45, 2.75) is 6.54 Å². The maximum Gasteiger partial charge on any atom is 0.258 e. The van der Waals surface area contributed by atoms with Crippen LogP contribution < -0.4 is 15.8 Å². The molecule has 0 atom stereocenters. The van der Waals surface area contributed by atoms with Crippen LogP contribution in [0.15, 0.2) is 47.4 Å².